The Labute approximate surface area is 163 Å². The van der Waals surface area contributed by atoms with Crippen molar-refractivity contribution in [3.8, 4) is 0 Å². The molecule has 0 fully saturated rings. The molecule has 0 radical (unpaired) electrons. The molecule has 3 heterocycles. The molecule has 3 aromatic heterocycles. The van der Waals surface area contributed by atoms with Crippen LogP contribution < -0.4 is 10.9 Å². The van der Waals surface area contributed by atoms with Gasteiger partial charge in [-0.1, -0.05) is 30.3 Å². The van der Waals surface area contributed by atoms with Crippen LogP contribution in [0.25, 0.3) is 10.2 Å². The lowest BCUT2D eigenvalue weighted by atomic mass is 10.2. The number of amides is 1. The molecule has 0 saturated heterocycles. The molecular formula is C19H16N4O2S2. The number of thiophene rings is 1. The number of thiazole rings is 1. The topological polar surface area (TPSA) is 76.9 Å². The van der Waals surface area contributed by atoms with E-state index in [0.29, 0.717) is 32.3 Å². The van der Waals surface area contributed by atoms with Gasteiger partial charge in [0.05, 0.1) is 23.1 Å². The van der Waals surface area contributed by atoms with Gasteiger partial charge >= 0.3 is 0 Å². The summed E-state index contributed by atoms with van der Waals surface area (Å²) in [6, 6.07) is 9.74. The third-order valence-corrected chi connectivity index (χ3v) is 6.19. The van der Waals surface area contributed by atoms with Crippen LogP contribution in [0.5, 0.6) is 0 Å². The van der Waals surface area contributed by atoms with Crippen LogP contribution in [-0.4, -0.2) is 20.4 Å². The molecule has 8 heteroatoms. The molecule has 27 heavy (non-hydrogen) atoms. The zero-order valence-corrected chi connectivity index (χ0v) is 16.4. The van der Waals surface area contributed by atoms with E-state index >= 15 is 0 Å². The van der Waals surface area contributed by atoms with Crippen molar-refractivity contribution in [1.29, 1.82) is 0 Å². The fraction of sp³-hybridized carbons (Fsp3) is 0.158. The molecule has 1 N–H and O–H groups in total. The number of carbonyl (C=O) groups is 1. The minimum absolute atomic E-state index is 0.137. The summed E-state index contributed by atoms with van der Waals surface area (Å²) in [7, 11) is 0. The highest BCUT2D eigenvalue weighted by atomic mass is 32.1. The van der Waals surface area contributed by atoms with Crippen molar-refractivity contribution in [1.82, 2.24) is 14.5 Å². The maximum Gasteiger partial charge on any atom is 0.267 e. The van der Waals surface area contributed by atoms with Crippen molar-refractivity contribution >= 4 is 43.9 Å². The lowest BCUT2D eigenvalue weighted by Gasteiger charge is -2.05. The first-order valence-corrected chi connectivity index (χ1v) is 9.92. The lowest BCUT2D eigenvalue weighted by Crippen LogP contribution is -2.21. The summed E-state index contributed by atoms with van der Waals surface area (Å²) in [5.74, 6) is -0.265. The Morgan fingerprint density at radius 3 is 2.63 bits per heavy atom. The number of nitrogens with one attached hydrogen (secondary N) is 1. The van der Waals surface area contributed by atoms with Gasteiger partial charge < -0.3 is 0 Å². The Morgan fingerprint density at radius 1 is 1.15 bits per heavy atom. The average Bonchev–Trinajstić information content (AvgIpc) is 3.22. The summed E-state index contributed by atoms with van der Waals surface area (Å²) < 4.78 is 1.57. The van der Waals surface area contributed by atoms with E-state index in [9.17, 15) is 9.59 Å². The van der Waals surface area contributed by atoms with Gasteiger partial charge in [-0.25, -0.2) is 9.97 Å². The van der Waals surface area contributed by atoms with E-state index in [0.717, 1.165) is 10.4 Å². The third kappa shape index (κ3) is 3.41. The van der Waals surface area contributed by atoms with Crippen molar-refractivity contribution in [2.75, 3.05) is 5.32 Å². The van der Waals surface area contributed by atoms with Crippen molar-refractivity contribution in [2.45, 2.75) is 20.4 Å². The molecule has 0 aliphatic heterocycles. The lowest BCUT2D eigenvalue weighted by molar-refractivity contribution is 0.103. The molecule has 6 nitrogen and oxygen atoms in total. The SMILES string of the molecule is Cc1cnc(NC(=O)c2sc3ncn(Cc4ccccc4)c(=O)c3c2C)s1. The number of hydrogen-bond acceptors (Lipinski definition) is 6. The molecule has 4 rings (SSSR count). The molecule has 1 amide bonds. The van der Waals surface area contributed by atoms with E-state index in [2.05, 4.69) is 15.3 Å². The van der Waals surface area contributed by atoms with Gasteiger partial charge in [-0.3, -0.25) is 19.5 Å². The standard InChI is InChI=1S/C19H16N4O2S2/c1-11-8-20-19(26-11)22-16(24)15-12(2)14-17(27-15)21-10-23(18(14)25)9-13-6-4-3-5-7-13/h3-8,10H,9H2,1-2H3,(H,20,22,24). The largest absolute Gasteiger partial charge is 0.297 e. The van der Waals surface area contributed by atoms with E-state index in [-0.39, 0.29) is 11.5 Å². The fourth-order valence-corrected chi connectivity index (χ4v) is 4.53. The number of benzene rings is 1. The second kappa shape index (κ2) is 7.05. The minimum atomic E-state index is -0.265. The Morgan fingerprint density at radius 2 is 1.93 bits per heavy atom. The number of fused-ring (bicyclic) bond motifs is 1. The van der Waals surface area contributed by atoms with Crippen molar-refractivity contribution in [2.24, 2.45) is 0 Å². The Kier molecular flexibility index (Phi) is 4.59. The van der Waals surface area contributed by atoms with Gasteiger partial charge in [-0.15, -0.1) is 22.7 Å². The number of aryl methyl sites for hydroxylation is 2. The first-order chi connectivity index (χ1) is 13.0. The monoisotopic (exact) mass is 396 g/mol. The number of nitrogens with zero attached hydrogens (tertiary/aromatic N) is 3. The minimum Gasteiger partial charge on any atom is -0.297 e. The first kappa shape index (κ1) is 17.6. The van der Waals surface area contributed by atoms with Crippen molar-refractivity contribution in [3.05, 3.63) is 74.1 Å². The van der Waals surface area contributed by atoms with Gasteiger partial charge in [-0.2, -0.15) is 0 Å². The van der Waals surface area contributed by atoms with Crippen LogP contribution in [-0.2, 0) is 6.54 Å². The summed E-state index contributed by atoms with van der Waals surface area (Å²) >= 11 is 2.64. The molecular weight excluding hydrogens is 380 g/mol. The highest BCUT2D eigenvalue weighted by Gasteiger charge is 2.20. The highest BCUT2D eigenvalue weighted by molar-refractivity contribution is 7.21. The van der Waals surface area contributed by atoms with Gasteiger partial charge in [-0.05, 0) is 25.0 Å². The van der Waals surface area contributed by atoms with E-state index in [1.54, 1.807) is 24.0 Å². The predicted octanol–water partition coefficient (Wildman–Crippen LogP) is 3.83. The Bertz CT molecular complexity index is 1190. The maximum atomic E-state index is 12.9. The van der Waals surface area contributed by atoms with E-state index in [1.807, 2.05) is 37.3 Å². The Balaban J connectivity index is 1.70. The number of anilines is 1. The van der Waals surface area contributed by atoms with Gasteiger partial charge in [0.25, 0.3) is 11.5 Å². The van der Waals surface area contributed by atoms with Crippen LogP contribution in [0.3, 0.4) is 0 Å². The molecule has 0 aliphatic carbocycles. The quantitative estimate of drug-likeness (QED) is 0.569. The molecule has 136 valence electrons. The molecule has 0 atom stereocenters. The average molecular weight is 396 g/mol. The second-order valence-electron chi connectivity index (χ2n) is 6.13. The van der Waals surface area contributed by atoms with Crippen LogP contribution in [0.4, 0.5) is 5.13 Å². The molecule has 0 saturated carbocycles. The predicted molar refractivity (Wildman–Crippen MR) is 109 cm³/mol. The zero-order valence-electron chi connectivity index (χ0n) is 14.7. The number of rotatable bonds is 4. The summed E-state index contributed by atoms with van der Waals surface area (Å²) in [5, 5.41) is 3.84. The fourth-order valence-electron chi connectivity index (χ4n) is 2.83. The van der Waals surface area contributed by atoms with E-state index < -0.39 is 0 Å². The normalized spacial score (nSPS) is 11.0. The van der Waals surface area contributed by atoms with Gasteiger partial charge in [0, 0.05) is 11.1 Å². The van der Waals surface area contributed by atoms with Crippen molar-refractivity contribution in [3.63, 3.8) is 0 Å². The van der Waals surface area contributed by atoms with Gasteiger partial charge in [0.15, 0.2) is 5.13 Å². The summed E-state index contributed by atoms with van der Waals surface area (Å²) in [6.07, 6.45) is 3.25. The van der Waals surface area contributed by atoms with E-state index in [1.165, 1.54) is 22.7 Å². The third-order valence-electron chi connectivity index (χ3n) is 4.16. The van der Waals surface area contributed by atoms with Crippen LogP contribution in [0.2, 0.25) is 0 Å². The summed E-state index contributed by atoms with van der Waals surface area (Å²) in [5.41, 5.74) is 1.54. The second-order valence-corrected chi connectivity index (χ2v) is 8.36. The molecule has 1 aromatic carbocycles. The molecule has 0 aliphatic rings. The number of carbonyl (C=O) groups excluding carboxylic acids is 1. The van der Waals surface area contributed by atoms with Crippen LogP contribution in [0.1, 0.15) is 25.7 Å². The highest BCUT2D eigenvalue weighted by Crippen LogP contribution is 2.28. The zero-order chi connectivity index (χ0) is 19.0. The van der Waals surface area contributed by atoms with Crippen molar-refractivity contribution < 1.29 is 4.79 Å². The summed E-state index contributed by atoms with van der Waals surface area (Å²) in [6.45, 7) is 4.16. The number of hydrogen-bond donors (Lipinski definition) is 1. The molecule has 4 aromatic rings. The molecule has 0 unspecified atom stereocenters. The molecule has 0 bridgehead atoms. The smallest absolute Gasteiger partial charge is 0.267 e. The summed E-state index contributed by atoms with van der Waals surface area (Å²) in [4.78, 5) is 36.2. The van der Waals surface area contributed by atoms with Crippen LogP contribution >= 0.6 is 22.7 Å². The van der Waals surface area contributed by atoms with E-state index in [4.69, 9.17) is 0 Å². The van der Waals surface area contributed by atoms with Gasteiger partial charge in [0.2, 0.25) is 0 Å². The number of aromatic nitrogens is 3. The first-order valence-electron chi connectivity index (χ1n) is 8.29. The Hall–Kier alpha value is -2.84. The van der Waals surface area contributed by atoms with Gasteiger partial charge in [0.1, 0.15) is 4.83 Å². The maximum absolute atomic E-state index is 12.9. The molecule has 0 spiro atoms. The van der Waals surface area contributed by atoms with Crippen LogP contribution in [0.15, 0.2) is 47.7 Å². The van der Waals surface area contributed by atoms with Crippen LogP contribution in [0, 0.1) is 13.8 Å².